The minimum atomic E-state index is 0.328. The van der Waals surface area contributed by atoms with Crippen molar-refractivity contribution in [3.05, 3.63) is 119 Å². The van der Waals surface area contributed by atoms with E-state index in [0.29, 0.717) is 6.04 Å². The zero-order valence-corrected chi connectivity index (χ0v) is 27.7. The number of hydrogen-bond acceptors (Lipinski definition) is 1. The predicted octanol–water partition coefficient (Wildman–Crippen LogP) is 11.9. The SMILES string of the molecule is CCCCCc1ccc(-c2ccc(CCCCC(N)CCCCc3ccc(-c4ccc(CCCCC)cc4)cc3)cc2)cc1. The molecule has 0 aliphatic heterocycles. The zero-order chi connectivity index (χ0) is 30.8. The van der Waals surface area contributed by atoms with Gasteiger partial charge in [-0.3, -0.25) is 0 Å². The van der Waals surface area contributed by atoms with Gasteiger partial charge in [0.2, 0.25) is 0 Å². The molecule has 1 heteroatoms. The quantitative estimate of drug-likeness (QED) is 0.102. The van der Waals surface area contributed by atoms with Crippen LogP contribution in [0.15, 0.2) is 97.1 Å². The highest BCUT2D eigenvalue weighted by Crippen LogP contribution is 2.23. The number of benzene rings is 4. The number of aryl methyl sites for hydroxylation is 4. The molecule has 234 valence electrons. The second kappa shape index (κ2) is 19.3. The van der Waals surface area contributed by atoms with E-state index < -0.39 is 0 Å². The van der Waals surface area contributed by atoms with Crippen LogP contribution in [0.5, 0.6) is 0 Å². The normalized spacial score (nSPS) is 11.4. The average molecular weight is 588 g/mol. The first-order valence-electron chi connectivity index (χ1n) is 17.8. The van der Waals surface area contributed by atoms with Gasteiger partial charge in [-0.15, -0.1) is 0 Å². The summed E-state index contributed by atoms with van der Waals surface area (Å²) in [6.45, 7) is 4.53. The number of rotatable bonds is 20. The molecule has 0 aliphatic carbocycles. The van der Waals surface area contributed by atoms with Crippen molar-refractivity contribution in [1.29, 1.82) is 0 Å². The van der Waals surface area contributed by atoms with Gasteiger partial charge in [0.15, 0.2) is 0 Å². The average Bonchev–Trinajstić information content (AvgIpc) is 3.07. The van der Waals surface area contributed by atoms with E-state index in [0.717, 1.165) is 25.7 Å². The van der Waals surface area contributed by atoms with Gasteiger partial charge in [-0.1, -0.05) is 149 Å². The van der Waals surface area contributed by atoms with Gasteiger partial charge in [0.05, 0.1) is 0 Å². The lowest BCUT2D eigenvalue weighted by Crippen LogP contribution is -2.19. The molecule has 4 aromatic rings. The van der Waals surface area contributed by atoms with Crippen LogP contribution in [0, 0.1) is 0 Å². The van der Waals surface area contributed by atoms with Gasteiger partial charge in [-0.05, 0) is 109 Å². The van der Waals surface area contributed by atoms with Gasteiger partial charge in [0, 0.05) is 6.04 Å². The third kappa shape index (κ3) is 11.7. The Hall–Kier alpha value is -3.16. The maximum absolute atomic E-state index is 6.49. The van der Waals surface area contributed by atoms with Crippen molar-refractivity contribution in [2.75, 3.05) is 0 Å². The fraction of sp³-hybridized carbons (Fsp3) is 0.442. The lowest BCUT2D eigenvalue weighted by Gasteiger charge is -2.12. The molecule has 0 atom stereocenters. The van der Waals surface area contributed by atoms with Gasteiger partial charge in [0.1, 0.15) is 0 Å². The molecule has 0 saturated carbocycles. The highest BCUT2D eigenvalue weighted by Gasteiger charge is 2.05. The Bertz CT molecular complexity index is 1190. The van der Waals surface area contributed by atoms with Crippen LogP contribution in [0.2, 0.25) is 0 Å². The minimum absolute atomic E-state index is 0.328. The van der Waals surface area contributed by atoms with Crippen molar-refractivity contribution < 1.29 is 0 Å². The van der Waals surface area contributed by atoms with Crippen LogP contribution >= 0.6 is 0 Å². The van der Waals surface area contributed by atoms with Crippen LogP contribution in [-0.2, 0) is 25.7 Å². The molecule has 0 amide bonds. The Balaban J connectivity index is 1.07. The zero-order valence-electron chi connectivity index (χ0n) is 27.7. The largest absolute Gasteiger partial charge is 0.328 e. The van der Waals surface area contributed by atoms with Crippen molar-refractivity contribution in [2.45, 2.75) is 123 Å². The first kappa shape index (κ1) is 33.7. The van der Waals surface area contributed by atoms with Crippen LogP contribution in [-0.4, -0.2) is 6.04 Å². The molecule has 0 aliphatic rings. The van der Waals surface area contributed by atoms with Crippen LogP contribution < -0.4 is 5.73 Å². The Morgan fingerprint density at radius 1 is 0.364 bits per heavy atom. The second-order valence-electron chi connectivity index (χ2n) is 13.0. The number of unbranched alkanes of at least 4 members (excludes halogenated alkanes) is 6. The van der Waals surface area contributed by atoms with E-state index in [4.69, 9.17) is 5.73 Å². The maximum Gasteiger partial charge on any atom is 0.00388 e. The van der Waals surface area contributed by atoms with E-state index in [9.17, 15) is 0 Å². The summed E-state index contributed by atoms with van der Waals surface area (Å²) in [4.78, 5) is 0. The second-order valence-corrected chi connectivity index (χ2v) is 13.0. The summed E-state index contributed by atoms with van der Waals surface area (Å²) in [5, 5.41) is 0. The Labute approximate surface area is 269 Å². The summed E-state index contributed by atoms with van der Waals surface area (Å²) in [6.07, 6.45) is 19.6. The van der Waals surface area contributed by atoms with Crippen LogP contribution in [0.3, 0.4) is 0 Å². The predicted molar refractivity (Wildman–Crippen MR) is 193 cm³/mol. The molecule has 0 heterocycles. The van der Waals surface area contributed by atoms with Crippen molar-refractivity contribution in [2.24, 2.45) is 5.73 Å². The molecule has 4 rings (SSSR count). The molecular formula is C43H57N. The van der Waals surface area contributed by atoms with Crippen molar-refractivity contribution in [3.63, 3.8) is 0 Å². The fourth-order valence-electron chi connectivity index (χ4n) is 6.23. The molecular weight excluding hydrogens is 530 g/mol. The van der Waals surface area contributed by atoms with Gasteiger partial charge in [0.25, 0.3) is 0 Å². The summed E-state index contributed by atoms with van der Waals surface area (Å²) in [6, 6.07) is 37.0. The molecule has 0 bridgehead atoms. The van der Waals surface area contributed by atoms with Crippen molar-refractivity contribution >= 4 is 0 Å². The Morgan fingerprint density at radius 3 is 0.864 bits per heavy atom. The smallest absolute Gasteiger partial charge is 0.00388 e. The van der Waals surface area contributed by atoms with E-state index in [2.05, 4.69) is 111 Å². The molecule has 0 saturated heterocycles. The van der Waals surface area contributed by atoms with Crippen LogP contribution in [0.25, 0.3) is 22.3 Å². The number of nitrogens with two attached hydrogens (primary N) is 1. The topological polar surface area (TPSA) is 26.0 Å². The van der Waals surface area contributed by atoms with Gasteiger partial charge >= 0.3 is 0 Å². The molecule has 0 spiro atoms. The Morgan fingerprint density at radius 2 is 0.614 bits per heavy atom. The van der Waals surface area contributed by atoms with Crippen molar-refractivity contribution in [1.82, 2.24) is 0 Å². The summed E-state index contributed by atoms with van der Waals surface area (Å²) < 4.78 is 0. The van der Waals surface area contributed by atoms with Crippen LogP contribution in [0.4, 0.5) is 0 Å². The molecule has 0 unspecified atom stereocenters. The summed E-state index contributed by atoms with van der Waals surface area (Å²) >= 11 is 0. The molecule has 0 aromatic heterocycles. The molecule has 0 fully saturated rings. The van der Waals surface area contributed by atoms with E-state index >= 15 is 0 Å². The van der Waals surface area contributed by atoms with Gasteiger partial charge in [-0.25, -0.2) is 0 Å². The summed E-state index contributed by atoms with van der Waals surface area (Å²) in [7, 11) is 0. The monoisotopic (exact) mass is 587 g/mol. The first-order valence-corrected chi connectivity index (χ1v) is 17.8. The lowest BCUT2D eigenvalue weighted by atomic mass is 9.97. The Kier molecular flexibility index (Phi) is 14.8. The van der Waals surface area contributed by atoms with E-state index in [1.54, 1.807) is 0 Å². The third-order valence-electron chi connectivity index (χ3n) is 9.20. The molecule has 4 aromatic carbocycles. The number of hydrogen-bond donors (Lipinski definition) is 1. The van der Waals surface area contributed by atoms with E-state index in [-0.39, 0.29) is 0 Å². The summed E-state index contributed by atoms with van der Waals surface area (Å²) in [5.41, 5.74) is 17.5. The van der Waals surface area contributed by atoms with E-state index in [1.807, 2.05) is 0 Å². The maximum atomic E-state index is 6.49. The van der Waals surface area contributed by atoms with Crippen LogP contribution in [0.1, 0.15) is 113 Å². The highest BCUT2D eigenvalue weighted by atomic mass is 14.6. The third-order valence-corrected chi connectivity index (χ3v) is 9.20. The van der Waals surface area contributed by atoms with E-state index in [1.165, 1.54) is 122 Å². The van der Waals surface area contributed by atoms with Gasteiger partial charge in [-0.2, -0.15) is 0 Å². The van der Waals surface area contributed by atoms with Crippen molar-refractivity contribution in [3.8, 4) is 22.3 Å². The summed E-state index contributed by atoms with van der Waals surface area (Å²) in [5.74, 6) is 0. The minimum Gasteiger partial charge on any atom is -0.328 e. The molecule has 2 N–H and O–H groups in total. The molecule has 1 nitrogen and oxygen atoms in total. The van der Waals surface area contributed by atoms with Gasteiger partial charge < -0.3 is 5.73 Å². The first-order chi connectivity index (χ1) is 21.6. The molecule has 0 radical (unpaired) electrons. The lowest BCUT2D eigenvalue weighted by molar-refractivity contribution is 0.506. The molecule has 44 heavy (non-hydrogen) atoms. The standard InChI is InChI=1S/C43H57N/c1-3-5-7-13-35-19-27-39(28-20-35)41-31-23-37(24-32-41)15-9-11-17-43(44)18-12-10-16-38-25-33-42(34-26-38)40-29-21-36(22-30-40)14-8-6-4-2/h19-34,43H,3-18,44H2,1-2H3. The fourth-order valence-corrected chi connectivity index (χ4v) is 6.23. The highest BCUT2D eigenvalue weighted by molar-refractivity contribution is 5.64.